The van der Waals surface area contributed by atoms with Gasteiger partial charge in [-0.1, -0.05) is 6.07 Å². The van der Waals surface area contributed by atoms with Crippen LogP contribution in [0.15, 0.2) is 53.6 Å². The minimum absolute atomic E-state index is 0.228. The fraction of sp³-hybridized carbons (Fsp3) is 0.370. The van der Waals surface area contributed by atoms with Gasteiger partial charge in [0.1, 0.15) is 12.1 Å². The summed E-state index contributed by atoms with van der Waals surface area (Å²) in [6.07, 6.45) is 4.48. The molecule has 2 N–H and O–H groups in total. The largest absolute Gasteiger partial charge is 0.423 e. The van der Waals surface area contributed by atoms with E-state index in [0.717, 1.165) is 61.5 Å². The maximum absolute atomic E-state index is 13.3. The molecule has 0 bridgehead atoms. The van der Waals surface area contributed by atoms with Crippen LogP contribution in [0.2, 0.25) is 0 Å². The first kappa shape index (κ1) is 24.0. The zero-order valence-electron chi connectivity index (χ0n) is 20.8. The molecule has 9 heteroatoms. The van der Waals surface area contributed by atoms with Crippen molar-refractivity contribution < 1.29 is 9.53 Å². The standard InChI is InChI=1S/C27H32N6O3/c1-19-6-7-21(31-15-13-30(14-16-31)11-4-9-28)23(17-19)36-24(34)18-33-26-25(20(2)8-10-29-26)32-12-3-5-22(32)27(33)35/h3,5-8,10,12,17H,4,9,11,13-16,18,28H2,1-2H3. The smallest absolute Gasteiger partial charge is 0.331 e. The van der Waals surface area contributed by atoms with Gasteiger partial charge in [0.2, 0.25) is 0 Å². The number of carbonyl (C=O) groups excluding carboxylic acids is 1. The number of esters is 1. The number of pyridine rings is 1. The van der Waals surface area contributed by atoms with E-state index in [2.05, 4.69) is 14.8 Å². The summed E-state index contributed by atoms with van der Waals surface area (Å²) in [5.41, 5.74) is 9.99. The number of nitrogens with two attached hydrogens (primary N) is 1. The Morgan fingerprint density at radius 1 is 1.11 bits per heavy atom. The van der Waals surface area contributed by atoms with Crippen LogP contribution in [-0.2, 0) is 11.3 Å². The molecule has 1 saturated heterocycles. The second-order valence-corrected chi connectivity index (χ2v) is 9.37. The molecule has 3 aromatic heterocycles. The Balaban J connectivity index is 1.41. The van der Waals surface area contributed by atoms with Gasteiger partial charge in [-0.2, -0.15) is 0 Å². The van der Waals surface area contributed by atoms with Crippen LogP contribution < -0.4 is 20.9 Å². The van der Waals surface area contributed by atoms with Gasteiger partial charge < -0.3 is 19.8 Å². The van der Waals surface area contributed by atoms with Crippen molar-refractivity contribution in [2.45, 2.75) is 26.8 Å². The molecule has 1 aliphatic heterocycles. The fourth-order valence-electron chi connectivity index (χ4n) is 4.94. The Morgan fingerprint density at radius 2 is 1.92 bits per heavy atom. The van der Waals surface area contributed by atoms with Crippen LogP contribution in [0.1, 0.15) is 17.5 Å². The fourth-order valence-corrected chi connectivity index (χ4v) is 4.94. The Kier molecular flexibility index (Phi) is 6.75. The number of rotatable bonds is 7. The Bertz CT molecular complexity index is 1470. The maximum Gasteiger partial charge on any atom is 0.331 e. The average molecular weight is 489 g/mol. The van der Waals surface area contributed by atoms with Crippen molar-refractivity contribution in [1.82, 2.24) is 18.9 Å². The van der Waals surface area contributed by atoms with Gasteiger partial charge in [-0.05, 0) is 74.8 Å². The molecule has 0 saturated carbocycles. The molecule has 1 fully saturated rings. The molecule has 0 amide bonds. The quantitative estimate of drug-likeness (QED) is 0.315. The van der Waals surface area contributed by atoms with E-state index in [9.17, 15) is 9.59 Å². The summed E-state index contributed by atoms with van der Waals surface area (Å²) in [6, 6.07) is 11.4. The zero-order chi connectivity index (χ0) is 25.2. The minimum atomic E-state index is -0.508. The summed E-state index contributed by atoms with van der Waals surface area (Å²) in [5.74, 6) is 0.00621. The molecule has 0 radical (unpaired) electrons. The Labute approximate surface area is 209 Å². The van der Waals surface area contributed by atoms with Gasteiger partial charge in [-0.25, -0.2) is 9.78 Å². The van der Waals surface area contributed by atoms with E-state index in [0.29, 0.717) is 23.5 Å². The van der Waals surface area contributed by atoms with Crippen molar-refractivity contribution in [1.29, 1.82) is 0 Å². The first-order valence-corrected chi connectivity index (χ1v) is 12.4. The molecule has 0 spiro atoms. The van der Waals surface area contributed by atoms with E-state index < -0.39 is 5.97 Å². The normalized spacial score (nSPS) is 14.6. The highest BCUT2D eigenvalue weighted by Gasteiger charge is 2.22. The van der Waals surface area contributed by atoms with Crippen molar-refractivity contribution in [3.05, 3.63) is 70.3 Å². The van der Waals surface area contributed by atoms with Crippen molar-refractivity contribution in [3.8, 4) is 5.75 Å². The van der Waals surface area contributed by atoms with Crippen LogP contribution in [0.25, 0.3) is 16.7 Å². The lowest BCUT2D eigenvalue weighted by Gasteiger charge is -2.36. The number of anilines is 1. The summed E-state index contributed by atoms with van der Waals surface area (Å²) >= 11 is 0. The van der Waals surface area contributed by atoms with Crippen molar-refractivity contribution in [2.24, 2.45) is 5.73 Å². The Morgan fingerprint density at radius 3 is 2.69 bits per heavy atom. The molecule has 1 aliphatic rings. The van der Waals surface area contributed by atoms with Crippen LogP contribution in [0.4, 0.5) is 5.69 Å². The number of fused-ring (bicyclic) bond motifs is 3. The topological polar surface area (TPSA) is 98.1 Å². The van der Waals surface area contributed by atoms with E-state index in [-0.39, 0.29) is 12.1 Å². The van der Waals surface area contributed by atoms with E-state index in [1.54, 1.807) is 12.3 Å². The van der Waals surface area contributed by atoms with Gasteiger partial charge in [0, 0.05) is 38.6 Å². The Hall–Kier alpha value is -3.69. The lowest BCUT2D eigenvalue weighted by Crippen LogP contribution is -2.47. The lowest BCUT2D eigenvalue weighted by molar-refractivity contribution is -0.135. The van der Waals surface area contributed by atoms with E-state index in [4.69, 9.17) is 10.5 Å². The van der Waals surface area contributed by atoms with Crippen LogP contribution >= 0.6 is 0 Å². The first-order chi connectivity index (χ1) is 17.5. The molecular weight excluding hydrogens is 456 g/mol. The highest BCUT2D eigenvalue weighted by Crippen LogP contribution is 2.31. The third kappa shape index (κ3) is 4.59. The number of carbonyl (C=O) groups is 1. The molecule has 4 heterocycles. The molecule has 188 valence electrons. The number of hydrogen-bond acceptors (Lipinski definition) is 7. The number of nitrogens with zero attached hydrogens (tertiary/aromatic N) is 5. The average Bonchev–Trinajstić information content (AvgIpc) is 3.36. The third-order valence-corrected chi connectivity index (χ3v) is 6.83. The second-order valence-electron chi connectivity index (χ2n) is 9.37. The monoisotopic (exact) mass is 488 g/mol. The van der Waals surface area contributed by atoms with E-state index in [1.165, 1.54) is 4.57 Å². The summed E-state index contributed by atoms with van der Waals surface area (Å²) in [5, 5.41) is 0. The second kappa shape index (κ2) is 10.1. The molecule has 5 rings (SSSR count). The number of aryl methyl sites for hydroxylation is 2. The van der Waals surface area contributed by atoms with E-state index in [1.807, 2.05) is 54.8 Å². The first-order valence-electron chi connectivity index (χ1n) is 12.4. The highest BCUT2D eigenvalue weighted by atomic mass is 16.5. The van der Waals surface area contributed by atoms with Gasteiger partial charge in [-0.3, -0.25) is 14.3 Å². The van der Waals surface area contributed by atoms with Gasteiger partial charge in [0.15, 0.2) is 11.4 Å². The van der Waals surface area contributed by atoms with Crippen LogP contribution in [0.3, 0.4) is 0 Å². The molecule has 4 aromatic rings. The zero-order valence-corrected chi connectivity index (χ0v) is 20.8. The lowest BCUT2D eigenvalue weighted by atomic mass is 10.1. The van der Waals surface area contributed by atoms with Crippen molar-refractivity contribution in [3.63, 3.8) is 0 Å². The van der Waals surface area contributed by atoms with Crippen molar-refractivity contribution >= 4 is 28.3 Å². The van der Waals surface area contributed by atoms with Crippen LogP contribution in [-0.4, -0.2) is 64.1 Å². The maximum atomic E-state index is 13.3. The summed E-state index contributed by atoms with van der Waals surface area (Å²) in [6.45, 7) is 8.96. The minimum Gasteiger partial charge on any atom is -0.423 e. The molecule has 0 atom stereocenters. The van der Waals surface area contributed by atoms with Crippen LogP contribution in [0, 0.1) is 13.8 Å². The summed E-state index contributed by atoms with van der Waals surface area (Å²) in [7, 11) is 0. The molecule has 0 aliphatic carbocycles. The predicted molar refractivity (Wildman–Crippen MR) is 141 cm³/mol. The summed E-state index contributed by atoms with van der Waals surface area (Å²) in [4.78, 5) is 35.5. The number of benzene rings is 1. The number of aromatic nitrogens is 3. The van der Waals surface area contributed by atoms with Gasteiger partial charge in [0.05, 0.1) is 11.2 Å². The summed E-state index contributed by atoms with van der Waals surface area (Å²) < 4.78 is 9.13. The predicted octanol–water partition coefficient (Wildman–Crippen LogP) is 2.34. The molecule has 9 nitrogen and oxygen atoms in total. The number of hydrogen-bond donors (Lipinski definition) is 1. The highest BCUT2D eigenvalue weighted by molar-refractivity contribution is 5.81. The van der Waals surface area contributed by atoms with Gasteiger partial charge >= 0.3 is 5.97 Å². The molecule has 1 aromatic carbocycles. The third-order valence-electron chi connectivity index (χ3n) is 6.83. The molecule has 36 heavy (non-hydrogen) atoms. The molecule has 0 unspecified atom stereocenters. The molecular formula is C27H32N6O3. The van der Waals surface area contributed by atoms with Crippen molar-refractivity contribution in [2.75, 3.05) is 44.2 Å². The number of piperazine rings is 1. The van der Waals surface area contributed by atoms with Gasteiger partial charge in [-0.15, -0.1) is 0 Å². The number of ether oxygens (including phenoxy) is 1. The van der Waals surface area contributed by atoms with Crippen LogP contribution in [0.5, 0.6) is 5.75 Å². The van der Waals surface area contributed by atoms with E-state index >= 15 is 0 Å². The SMILES string of the molecule is Cc1ccc(N2CCN(CCCN)CC2)c(OC(=O)Cn2c(=O)c3cccn3c3c(C)ccnc32)c1. The van der Waals surface area contributed by atoms with Gasteiger partial charge in [0.25, 0.3) is 5.56 Å².